The highest BCUT2D eigenvalue weighted by molar-refractivity contribution is 7.89. The number of ether oxygens (including phenoxy) is 1. The van der Waals surface area contributed by atoms with E-state index in [1.807, 2.05) is 0 Å². The number of hydrogen-bond donors (Lipinski definition) is 0. The maximum absolute atomic E-state index is 12.5. The van der Waals surface area contributed by atoms with Gasteiger partial charge in [-0.25, -0.2) is 8.42 Å². The lowest BCUT2D eigenvalue weighted by Crippen LogP contribution is -2.53. The minimum atomic E-state index is -3.17. The monoisotopic (exact) mass is 537 g/mol. The van der Waals surface area contributed by atoms with Crippen LogP contribution in [0.3, 0.4) is 0 Å². The third kappa shape index (κ3) is 7.59. The Hall–Kier alpha value is -0.340. The van der Waals surface area contributed by atoms with Gasteiger partial charge in [0.1, 0.15) is 0 Å². The number of hydrogen-bond acceptors (Lipinski definition) is 7. The molecule has 0 amide bonds. The van der Waals surface area contributed by atoms with Crippen molar-refractivity contribution in [3.05, 3.63) is 0 Å². The fraction of sp³-hybridized carbons (Fsp3) is 1.00. The van der Waals surface area contributed by atoms with E-state index >= 15 is 0 Å². The van der Waals surface area contributed by atoms with E-state index in [2.05, 4.69) is 37.5 Å². The zero-order valence-electron chi connectivity index (χ0n) is 22.1. The molecule has 12 heteroatoms. The second kappa shape index (κ2) is 12.9. The lowest BCUT2D eigenvalue weighted by Gasteiger charge is -2.38. The predicted octanol–water partition coefficient (Wildman–Crippen LogP) is 0.874. The number of sulfonamides is 1. The fourth-order valence-electron chi connectivity index (χ4n) is 5.19. The zero-order valence-corrected chi connectivity index (χ0v) is 23.8. The summed E-state index contributed by atoms with van der Waals surface area (Å²) in [4.78, 5) is 4.66. The summed E-state index contributed by atoms with van der Waals surface area (Å²) in [6, 6.07) is 1.00. The fourth-order valence-corrected chi connectivity index (χ4v) is 8.74. The second-order valence-electron chi connectivity index (χ2n) is 10.5. The van der Waals surface area contributed by atoms with Gasteiger partial charge in [-0.3, -0.25) is 9.80 Å². The van der Waals surface area contributed by atoms with E-state index in [0.29, 0.717) is 77.4 Å². The third-order valence-electron chi connectivity index (χ3n) is 7.67. The van der Waals surface area contributed by atoms with Crippen LogP contribution in [0.4, 0.5) is 0 Å². The van der Waals surface area contributed by atoms with Crippen molar-refractivity contribution < 1.29 is 21.6 Å². The molecule has 10 nitrogen and oxygen atoms in total. The van der Waals surface area contributed by atoms with Crippen molar-refractivity contribution in [3.8, 4) is 0 Å². The highest BCUT2D eigenvalue weighted by Gasteiger charge is 2.36. The predicted molar refractivity (Wildman–Crippen MR) is 139 cm³/mol. The quantitative estimate of drug-likeness (QED) is 0.496. The molecule has 0 bridgehead atoms. The number of piperazine rings is 2. The molecule has 4 aliphatic rings. The molecule has 0 spiro atoms. The topological polar surface area (TPSA) is 93.7 Å². The van der Waals surface area contributed by atoms with Gasteiger partial charge in [0.15, 0.2) is 0 Å². The van der Waals surface area contributed by atoms with Crippen molar-refractivity contribution >= 4 is 20.2 Å². The molecule has 0 unspecified atom stereocenters. The van der Waals surface area contributed by atoms with Crippen LogP contribution in [0, 0.1) is 0 Å². The molecule has 35 heavy (non-hydrogen) atoms. The van der Waals surface area contributed by atoms with Crippen LogP contribution >= 0.6 is 0 Å². The molecule has 4 rings (SSSR count). The molecule has 0 saturated carbocycles. The molecule has 0 aliphatic carbocycles. The standard InChI is InChI=1S/C12H24N2O3S.C11H23N3O2S/c1-11(2)13-5-7-14(8-6-13)18(15,16)12-3-9-17-10-4-12;1-11(2)12-7-9-14(10-8-12)17(15,16)13-5-3-4-6-13/h11-12H,3-10H2,1-2H3;11H,3-10H2,1-2H3. The van der Waals surface area contributed by atoms with Crippen molar-refractivity contribution in [1.29, 1.82) is 0 Å². The zero-order chi connectivity index (χ0) is 25.6. The Morgan fingerprint density at radius 1 is 0.600 bits per heavy atom. The van der Waals surface area contributed by atoms with Gasteiger partial charge in [0.25, 0.3) is 10.2 Å². The summed E-state index contributed by atoms with van der Waals surface area (Å²) in [5.74, 6) is 0. The van der Waals surface area contributed by atoms with Crippen LogP contribution < -0.4 is 0 Å². The lowest BCUT2D eigenvalue weighted by molar-refractivity contribution is 0.0957. The van der Waals surface area contributed by atoms with Crippen molar-refractivity contribution in [2.24, 2.45) is 0 Å². The Balaban J connectivity index is 0.000000196. The van der Waals surface area contributed by atoms with Gasteiger partial charge in [-0.2, -0.15) is 21.3 Å². The molecule has 4 fully saturated rings. The Morgan fingerprint density at radius 3 is 1.43 bits per heavy atom. The van der Waals surface area contributed by atoms with E-state index in [4.69, 9.17) is 4.74 Å². The normalized spacial score (nSPS) is 25.8. The van der Waals surface area contributed by atoms with Crippen LogP contribution in [0.25, 0.3) is 0 Å². The van der Waals surface area contributed by atoms with Crippen molar-refractivity contribution in [2.45, 2.75) is 70.7 Å². The summed E-state index contributed by atoms with van der Waals surface area (Å²) < 4.78 is 59.7. The molecule has 206 valence electrons. The molecule has 0 N–H and O–H groups in total. The first-order valence-electron chi connectivity index (χ1n) is 13.3. The van der Waals surface area contributed by atoms with E-state index in [1.54, 1.807) is 12.9 Å². The molecule has 0 aromatic carbocycles. The first-order valence-corrected chi connectivity index (χ1v) is 16.2. The molecule has 4 aliphatic heterocycles. The molecular weight excluding hydrogens is 490 g/mol. The summed E-state index contributed by atoms with van der Waals surface area (Å²) in [5.41, 5.74) is 0. The third-order valence-corrected chi connectivity index (χ3v) is 12.1. The average Bonchev–Trinajstić information content (AvgIpc) is 3.41. The smallest absolute Gasteiger partial charge is 0.282 e. The highest BCUT2D eigenvalue weighted by Crippen LogP contribution is 2.21. The maximum Gasteiger partial charge on any atom is 0.282 e. The van der Waals surface area contributed by atoms with Gasteiger partial charge in [-0.15, -0.1) is 0 Å². The minimum absolute atomic E-state index is 0.225. The van der Waals surface area contributed by atoms with Crippen molar-refractivity contribution in [2.75, 3.05) is 78.7 Å². The van der Waals surface area contributed by atoms with Crippen molar-refractivity contribution in [1.82, 2.24) is 22.7 Å². The van der Waals surface area contributed by atoms with Gasteiger partial charge in [-0.05, 0) is 53.4 Å². The van der Waals surface area contributed by atoms with Crippen LogP contribution in [0.15, 0.2) is 0 Å². The molecule has 4 heterocycles. The molecule has 4 saturated heterocycles. The van der Waals surface area contributed by atoms with Gasteiger partial charge in [0.2, 0.25) is 10.0 Å². The molecule has 0 atom stereocenters. The first-order chi connectivity index (χ1) is 16.5. The number of nitrogens with zero attached hydrogens (tertiary/aromatic N) is 5. The van der Waals surface area contributed by atoms with Gasteiger partial charge in [0.05, 0.1) is 5.25 Å². The summed E-state index contributed by atoms with van der Waals surface area (Å²) >= 11 is 0. The van der Waals surface area contributed by atoms with E-state index in [9.17, 15) is 16.8 Å². The van der Waals surface area contributed by atoms with Gasteiger partial charge >= 0.3 is 0 Å². The summed E-state index contributed by atoms with van der Waals surface area (Å²) in [5, 5.41) is -0.225. The number of rotatable bonds is 6. The largest absolute Gasteiger partial charge is 0.381 e. The first kappa shape index (κ1) is 29.2. The summed E-state index contributed by atoms with van der Waals surface area (Å²) in [6.07, 6.45) is 3.30. The van der Waals surface area contributed by atoms with E-state index in [1.165, 1.54) is 0 Å². The molecule has 0 aromatic heterocycles. The molecular formula is C23H47N5O5S2. The van der Waals surface area contributed by atoms with Gasteiger partial charge in [0, 0.05) is 90.7 Å². The Morgan fingerprint density at radius 2 is 1.00 bits per heavy atom. The summed E-state index contributed by atoms with van der Waals surface area (Å²) in [7, 11) is -6.28. The molecule has 0 radical (unpaired) electrons. The van der Waals surface area contributed by atoms with Gasteiger partial charge < -0.3 is 4.74 Å². The van der Waals surface area contributed by atoms with Crippen LogP contribution in [-0.2, 0) is 25.0 Å². The Bertz CT molecular complexity index is 840. The Kier molecular flexibility index (Phi) is 10.8. The Labute approximate surface area is 213 Å². The van der Waals surface area contributed by atoms with Gasteiger partial charge in [-0.1, -0.05) is 0 Å². The van der Waals surface area contributed by atoms with Crippen LogP contribution in [0.1, 0.15) is 53.4 Å². The van der Waals surface area contributed by atoms with E-state index in [0.717, 1.165) is 39.0 Å². The average molecular weight is 538 g/mol. The lowest BCUT2D eigenvalue weighted by atomic mass is 10.2. The highest BCUT2D eigenvalue weighted by atomic mass is 32.2. The van der Waals surface area contributed by atoms with E-state index in [-0.39, 0.29) is 5.25 Å². The summed E-state index contributed by atoms with van der Waals surface area (Å²) in [6.45, 7) is 17.1. The maximum atomic E-state index is 12.5. The van der Waals surface area contributed by atoms with Crippen LogP contribution in [0.5, 0.6) is 0 Å². The van der Waals surface area contributed by atoms with Crippen molar-refractivity contribution in [3.63, 3.8) is 0 Å². The van der Waals surface area contributed by atoms with E-state index < -0.39 is 20.2 Å². The second-order valence-corrected chi connectivity index (χ2v) is 14.7. The SMILES string of the molecule is CC(C)N1CCN(S(=O)(=O)C2CCOCC2)CC1.CC(C)N1CCN(S(=O)(=O)N2CCCC2)CC1. The van der Waals surface area contributed by atoms with Crippen LogP contribution in [-0.4, -0.2) is 136 Å². The van der Waals surface area contributed by atoms with Crippen LogP contribution in [0.2, 0.25) is 0 Å². The molecule has 0 aromatic rings. The minimum Gasteiger partial charge on any atom is -0.381 e.